The molecule has 186 valence electrons. The van der Waals surface area contributed by atoms with E-state index in [0.29, 0.717) is 29.6 Å². The quantitative estimate of drug-likeness (QED) is 0.307. The molecule has 1 heterocycles. The number of amides is 1. The van der Waals surface area contributed by atoms with E-state index in [2.05, 4.69) is 10.3 Å². The van der Waals surface area contributed by atoms with Gasteiger partial charge in [-0.25, -0.2) is 9.37 Å². The van der Waals surface area contributed by atoms with E-state index in [1.807, 2.05) is 18.2 Å². The van der Waals surface area contributed by atoms with Gasteiger partial charge in [0.2, 0.25) is 0 Å². The van der Waals surface area contributed by atoms with Crippen molar-refractivity contribution in [3.05, 3.63) is 83.3 Å². The van der Waals surface area contributed by atoms with E-state index in [9.17, 15) is 14.3 Å². The Morgan fingerprint density at radius 2 is 1.94 bits per heavy atom. The van der Waals surface area contributed by atoms with Crippen LogP contribution in [0.4, 0.5) is 15.9 Å². The zero-order valence-electron chi connectivity index (χ0n) is 18.9. The number of ether oxygens (including phenoxy) is 2. The van der Waals surface area contributed by atoms with Crippen molar-refractivity contribution >= 4 is 29.0 Å². The molecule has 0 fully saturated rings. The van der Waals surface area contributed by atoms with E-state index < -0.39 is 18.5 Å². The number of pyridine rings is 1. The van der Waals surface area contributed by atoms with Gasteiger partial charge in [0, 0.05) is 29.0 Å². The average Bonchev–Trinajstić information content (AvgIpc) is 2.87. The minimum absolute atomic E-state index is 0.0797. The summed E-state index contributed by atoms with van der Waals surface area (Å²) >= 11 is 6.25. The second kappa shape index (κ2) is 13.6. The number of nitrogens with zero attached hydrogens (tertiary/aromatic N) is 2. The van der Waals surface area contributed by atoms with Crippen molar-refractivity contribution in [2.75, 3.05) is 49.7 Å². The van der Waals surface area contributed by atoms with E-state index >= 15 is 0 Å². The number of carbonyl (C=O) groups is 1. The molecule has 1 aromatic heterocycles. The Kier molecular flexibility index (Phi) is 10.2. The highest BCUT2D eigenvalue weighted by molar-refractivity contribution is 6.31. The van der Waals surface area contributed by atoms with Crippen LogP contribution in [0.5, 0.6) is 5.75 Å². The van der Waals surface area contributed by atoms with Crippen LogP contribution in [0.15, 0.2) is 66.9 Å². The van der Waals surface area contributed by atoms with Gasteiger partial charge in [-0.2, -0.15) is 0 Å². The van der Waals surface area contributed by atoms with Gasteiger partial charge in [0.05, 0.1) is 26.4 Å². The number of aliphatic hydroxyl groups excluding tert-OH is 2. The molecule has 0 spiro atoms. The third-order valence-electron chi connectivity index (χ3n) is 4.82. The molecule has 1 amide bonds. The van der Waals surface area contributed by atoms with E-state index in [1.165, 1.54) is 35.2 Å². The molecule has 0 bridgehead atoms. The molecule has 0 aliphatic carbocycles. The summed E-state index contributed by atoms with van der Waals surface area (Å²) in [5.74, 6) is 0.329. The minimum atomic E-state index is -1.01. The van der Waals surface area contributed by atoms with Gasteiger partial charge < -0.3 is 29.9 Å². The van der Waals surface area contributed by atoms with Gasteiger partial charge in [-0.15, -0.1) is 0 Å². The Balaban J connectivity index is 1.68. The number of aromatic nitrogens is 1. The second-order valence-corrected chi connectivity index (χ2v) is 7.95. The molecule has 35 heavy (non-hydrogen) atoms. The predicted molar refractivity (Wildman–Crippen MR) is 132 cm³/mol. The molecule has 1 unspecified atom stereocenters. The van der Waals surface area contributed by atoms with Crippen molar-refractivity contribution in [2.45, 2.75) is 6.10 Å². The minimum Gasteiger partial charge on any atom is -0.492 e. The SMILES string of the molecule is O=C(c1cc(Cl)cc(OCCNc2ccccn2)c1)N(CCOCC(O)CO)c1ccc(F)cc1. The highest BCUT2D eigenvalue weighted by atomic mass is 35.5. The van der Waals surface area contributed by atoms with Gasteiger partial charge in [-0.1, -0.05) is 17.7 Å². The molecule has 8 nitrogen and oxygen atoms in total. The van der Waals surface area contributed by atoms with Crippen LogP contribution >= 0.6 is 11.6 Å². The number of hydrogen-bond donors (Lipinski definition) is 3. The highest BCUT2D eigenvalue weighted by Crippen LogP contribution is 2.24. The number of benzene rings is 2. The third kappa shape index (κ3) is 8.48. The first-order chi connectivity index (χ1) is 17.0. The smallest absolute Gasteiger partial charge is 0.258 e. The monoisotopic (exact) mass is 503 g/mol. The second-order valence-electron chi connectivity index (χ2n) is 7.51. The van der Waals surface area contributed by atoms with Crippen LogP contribution in [0.3, 0.4) is 0 Å². The average molecular weight is 504 g/mol. The fourth-order valence-corrected chi connectivity index (χ4v) is 3.36. The molecular weight excluding hydrogens is 477 g/mol. The zero-order chi connectivity index (χ0) is 25.0. The van der Waals surface area contributed by atoms with Crippen LogP contribution < -0.4 is 15.0 Å². The van der Waals surface area contributed by atoms with Crippen LogP contribution in [0.25, 0.3) is 0 Å². The first kappa shape index (κ1) is 26.4. The molecule has 0 aliphatic rings. The summed E-state index contributed by atoms with van der Waals surface area (Å²) in [6.07, 6.45) is 0.676. The maximum Gasteiger partial charge on any atom is 0.258 e. The first-order valence-electron chi connectivity index (χ1n) is 11.0. The molecule has 3 aromatic rings. The number of rotatable bonds is 13. The van der Waals surface area contributed by atoms with Gasteiger partial charge in [-0.3, -0.25) is 4.79 Å². The van der Waals surface area contributed by atoms with Crippen LogP contribution in [0.1, 0.15) is 10.4 Å². The lowest BCUT2D eigenvalue weighted by atomic mass is 10.1. The summed E-state index contributed by atoms with van der Waals surface area (Å²) in [6, 6.07) is 15.7. The maximum atomic E-state index is 13.4. The Bertz CT molecular complexity index is 1070. The third-order valence-corrected chi connectivity index (χ3v) is 5.04. The van der Waals surface area contributed by atoms with E-state index in [-0.39, 0.29) is 31.2 Å². The summed E-state index contributed by atoms with van der Waals surface area (Å²) in [5.41, 5.74) is 0.745. The summed E-state index contributed by atoms with van der Waals surface area (Å²) in [6.45, 7) is 0.508. The Labute approximate surface area is 207 Å². The molecule has 0 radical (unpaired) electrons. The standard InChI is InChI=1S/C25H27ClFN3O5/c26-19-13-18(14-23(15-19)35-11-9-29-24-3-1-2-8-28-24)25(33)30(10-12-34-17-22(32)16-31)21-6-4-20(27)5-7-21/h1-8,13-15,22,31-32H,9-12,16-17H2,(H,28,29). The summed E-state index contributed by atoms with van der Waals surface area (Å²) in [7, 11) is 0. The molecule has 2 aromatic carbocycles. The van der Waals surface area contributed by atoms with Crippen molar-refractivity contribution in [1.29, 1.82) is 0 Å². The van der Waals surface area contributed by atoms with Crippen molar-refractivity contribution in [2.24, 2.45) is 0 Å². The highest BCUT2D eigenvalue weighted by Gasteiger charge is 2.20. The van der Waals surface area contributed by atoms with Gasteiger partial charge >= 0.3 is 0 Å². The predicted octanol–water partition coefficient (Wildman–Crippen LogP) is 3.38. The largest absolute Gasteiger partial charge is 0.492 e. The summed E-state index contributed by atoms with van der Waals surface area (Å²) in [4.78, 5) is 19.0. The number of carbonyl (C=O) groups excluding carboxylic acids is 1. The topological polar surface area (TPSA) is 104 Å². The van der Waals surface area contributed by atoms with E-state index in [1.54, 1.807) is 18.3 Å². The molecule has 10 heteroatoms. The van der Waals surface area contributed by atoms with Gasteiger partial charge in [0.15, 0.2) is 0 Å². The molecule has 3 rings (SSSR count). The fraction of sp³-hybridized carbons (Fsp3) is 0.280. The molecule has 0 saturated heterocycles. The van der Waals surface area contributed by atoms with Crippen molar-refractivity contribution in [1.82, 2.24) is 4.98 Å². The molecule has 0 aliphatic heterocycles. The Hall–Kier alpha value is -3.24. The van der Waals surface area contributed by atoms with E-state index in [0.717, 1.165) is 5.82 Å². The van der Waals surface area contributed by atoms with Crippen molar-refractivity contribution in [3.8, 4) is 5.75 Å². The lowest BCUT2D eigenvalue weighted by molar-refractivity contribution is 0.00843. The van der Waals surface area contributed by atoms with Crippen molar-refractivity contribution in [3.63, 3.8) is 0 Å². The fourth-order valence-electron chi connectivity index (χ4n) is 3.14. The first-order valence-corrected chi connectivity index (χ1v) is 11.4. The maximum absolute atomic E-state index is 13.4. The normalized spacial score (nSPS) is 11.7. The Morgan fingerprint density at radius 1 is 1.14 bits per heavy atom. The number of halogens is 2. The summed E-state index contributed by atoms with van der Waals surface area (Å²) in [5, 5.41) is 21.8. The van der Waals surface area contributed by atoms with Crippen LogP contribution in [-0.4, -0.2) is 66.7 Å². The van der Waals surface area contributed by atoms with Crippen LogP contribution in [0.2, 0.25) is 5.02 Å². The lowest BCUT2D eigenvalue weighted by Crippen LogP contribution is -2.35. The molecule has 3 N–H and O–H groups in total. The van der Waals surface area contributed by atoms with Crippen molar-refractivity contribution < 1.29 is 28.9 Å². The zero-order valence-corrected chi connectivity index (χ0v) is 19.7. The number of nitrogens with one attached hydrogen (secondary N) is 1. The van der Waals surface area contributed by atoms with Gasteiger partial charge in [0.1, 0.15) is 30.1 Å². The molecular formula is C25H27ClFN3O5. The summed E-state index contributed by atoms with van der Waals surface area (Å²) < 4.78 is 24.6. The van der Waals surface area contributed by atoms with E-state index in [4.69, 9.17) is 26.2 Å². The van der Waals surface area contributed by atoms with Crippen LogP contribution in [-0.2, 0) is 4.74 Å². The van der Waals surface area contributed by atoms with Crippen LogP contribution in [0, 0.1) is 5.82 Å². The van der Waals surface area contributed by atoms with Gasteiger partial charge in [0.25, 0.3) is 5.91 Å². The Morgan fingerprint density at radius 3 is 2.66 bits per heavy atom. The van der Waals surface area contributed by atoms with Gasteiger partial charge in [-0.05, 0) is 54.6 Å². The number of aliphatic hydroxyl groups is 2. The number of hydrogen-bond acceptors (Lipinski definition) is 7. The molecule has 0 saturated carbocycles. The molecule has 1 atom stereocenters. The lowest BCUT2D eigenvalue weighted by Gasteiger charge is -2.23. The number of anilines is 2.